The monoisotopic (exact) mass is 272 g/mol. The second-order valence-electron chi connectivity index (χ2n) is 4.96. The highest BCUT2D eigenvalue weighted by Crippen LogP contribution is 2.22. The minimum atomic E-state index is -0.153. The Morgan fingerprint density at radius 1 is 1.25 bits per heavy atom. The highest BCUT2D eigenvalue weighted by molar-refractivity contribution is 6.03. The molecule has 0 aliphatic rings. The van der Waals surface area contributed by atoms with E-state index in [0.717, 1.165) is 28.2 Å². The van der Waals surface area contributed by atoms with Crippen LogP contribution in [0.3, 0.4) is 0 Å². The topological polar surface area (TPSA) is 72.9 Å². The molecule has 5 heteroatoms. The van der Waals surface area contributed by atoms with Gasteiger partial charge in [-0.25, -0.2) is 0 Å². The van der Waals surface area contributed by atoms with E-state index < -0.39 is 0 Å². The van der Waals surface area contributed by atoms with Gasteiger partial charge < -0.3 is 11.1 Å². The number of rotatable bonds is 3. The van der Waals surface area contributed by atoms with Crippen LogP contribution in [0, 0.1) is 20.8 Å². The fraction of sp³-hybridized carbons (Fsp3) is 0.333. The first-order valence-electron chi connectivity index (χ1n) is 6.65. The lowest BCUT2D eigenvalue weighted by molar-refractivity contribution is 0.101. The van der Waals surface area contributed by atoms with E-state index in [1.54, 1.807) is 10.7 Å². The number of benzene rings is 1. The zero-order chi connectivity index (χ0) is 14.9. The smallest absolute Gasteiger partial charge is 0.273 e. The van der Waals surface area contributed by atoms with Crippen molar-refractivity contribution >= 4 is 17.3 Å². The van der Waals surface area contributed by atoms with Crippen LogP contribution in [0.5, 0.6) is 0 Å². The summed E-state index contributed by atoms with van der Waals surface area (Å²) in [6, 6.07) is 5.55. The maximum absolute atomic E-state index is 12.4. The largest absolute Gasteiger partial charge is 0.399 e. The zero-order valence-corrected chi connectivity index (χ0v) is 12.3. The quantitative estimate of drug-likeness (QED) is 0.844. The SMILES string of the molecule is CCn1nc(C)cc1C(=O)Nc1cc(C)c(N)cc1C. The molecule has 2 rings (SSSR count). The average Bonchev–Trinajstić information content (AvgIpc) is 2.77. The van der Waals surface area contributed by atoms with Crippen LogP contribution in [0.25, 0.3) is 0 Å². The molecule has 0 saturated heterocycles. The maximum atomic E-state index is 12.4. The molecular weight excluding hydrogens is 252 g/mol. The average molecular weight is 272 g/mol. The Hall–Kier alpha value is -2.30. The molecule has 0 unspecified atom stereocenters. The van der Waals surface area contributed by atoms with Crippen LogP contribution in [-0.4, -0.2) is 15.7 Å². The molecule has 0 fully saturated rings. The van der Waals surface area contributed by atoms with Gasteiger partial charge in [0, 0.05) is 17.9 Å². The number of amides is 1. The van der Waals surface area contributed by atoms with E-state index in [4.69, 9.17) is 5.73 Å². The molecule has 0 aliphatic heterocycles. The van der Waals surface area contributed by atoms with Crippen LogP contribution >= 0.6 is 0 Å². The van der Waals surface area contributed by atoms with Crippen LogP contribution in [0.15, 0.2) is 18.2 Å². The van der Waals surface area contributed by atoms with Crippen LogP contribution in [0.1, 0.15) is 34.2 Å². The van der Waals surface area contributed by atoms with E-state index in [1.165, 1.54) is 0 Å². The van der Waals surface area contributed by atoms with Crippen LogP contribution < -0.4 is 11.1 Å². The molecule has 0 saturated carbocycles. The van der Waals surface area contributed by atoms with E-state index in [1.807, 2.05) is 39.8 Å². The van der Waals surface area contributed by atoms with E-state index in [9.17, 15) is 4.79 Å². The number of nitrogens with two attached hydrogens (primary N) is 1. The number of anilines is 2. The second kappa shape index (κ2) is 5.36. The van der Waals surface area contributed by atoms with Crippen molar-refractivity contribution in [2.75, 3.05) is 11.1 Å². The second-order valence-corrected chi connectivity index (χ2v) is 4.96. The molecule has 0 radical (unpaired) electrons. The molecule has 3 N–H and O–H groups in total. The third kappa shape index (κ3) is 2.66. The molecule has 0 bridgehead atoms. The third-order valence-electron chi connectivity index (χ3n) is 3.30. The van der Waals surface area contributed by atoms with Gasteiger partial charge in [-0.2, -0.15) is 5.10 Å². The summed E-state index contributed by atoms with van der Waals surface area (Å²) in [7, 11) is 0. The first-order valence-corrected chi connectivity index (χ1v) is 6.65. The van der Waals surface area contributed by atoms with Gasteiger partial charge >= 0.3 is 0 Å². The molecule has 106 valence electrons. The van der Waals surface area contributed by atoms with Crippen molar-refractivity contribution in [3.05, 3.63) is 40.7 Å². The van der Waals surface area contributed by atoms with Crippen molar-refractivity contribution in [1.29, 1.82) is 0 Å². The highest BCUT2D eigenvalue weighted by Gasteiger charge is 2.14. The Kier molecular flexibility index (Phi) is 3.79. The number of nitrogens with zero attached hydrogens (tertiary/aromatic N) is 2. The number of aryl methyl sites for hydroxylation is 4. The van der Waals surface area contributed by atoms with Gasteiger partial charge in [-0.3, -0.25) is 9.48 Å². The number of nitrogen functional groups attached to an aromatic ring is 1. The molecule has 20 heavy (non-hydrogen) atoms. The summed E-state index contributed by atoms with van der Waals surface area (Å²) in [4.78, 5) is 12.4. The van der Waals surface area contributed by atoms with Gasteiger partial charge in [-0.15, -0.1) is 0 Å². The Morgan fingerprint density at radius 3 is 2.60 bits per heavy atom. The molecule has 0 atom stereocenters. The lowest BCUT2D eigenvalue weighted by atomic mass is 10.1. The molecular formula is C15H20N4O. The van der Waals surface area contributed by atoms with Gasteiger partial charge in [0.1, 0.15) is 5.69 Å². The third-order valence-corrected chi connectivity index (χ3v) is 3.30. The fourth-order valence-electron chi connectivity index (χ4n) is 2.13. The number of hydrogen-bond acceptors (Lipinski definition) is 3. The van der Waals surface area contributed by atoms with Gasteiger partial charge in [0.15, 0.2) is 0 Å². The number of carbonyl (C=O) groups excluding carboxylic acids is 1. The van der Waals surface area contributed by atoms with Crippen molar-refractivity contribution in [3.8, 4) is 0 Å². The lowest BCUT2D eigenvalue weighted by Crippen LogP contribution is -2.18. The molecule has 0 spiro atoms. The summed E-state index contributed by atoms with van der Waals surface area (Å²) in [5, 5.41) is 7.21. The molecule has 5 nitrogen and oxygen atoms in total. The lowest BCUT2D eigenvalue weighted by Gasteiger charge is -2.11. The van der Waals surface area contributed by atoms with Crippen LogP contribution in [-0.2, 0) is 6.54 Å². The number of aromatic nitrogens is 2. The zero-order valence-electron chi connectivity index (χ0n) is 12.3. The van der Waals surface area contributed by atoms with E-state index in [2.05, 4.69) is 10.4 Å². The van der Waals surface area contributed by atoms with Crippen molar-refractivity contribution < 1.29 is 4.79 Å². The molecule has 1 heterocycles. The molecule has 1 aromatic carbocycles. The predicted molar refractivity (Wildman–Crippen MR) is 80.9 cm³/mol. The molecule has 2 aromatic rings. The maximum Gasteiger partial charge on any atom is 0.273 e. The van der Waals surface area contributed by atoms with Crippen molar-refractivity contribution in [1.82, 2.24) is 9.78 Å². The normalized spacial score (nSPS) is 10.6. The van der Waals surface area contributed by atoms with Crippen LogP contribution in [0.4, 0.5) is 11.4 Å². The minimum Gasteiger partial charge on any atom is -0.399 e. The van der Waals surface area contributed by atoms with Gasteiger partial charge in [0.25, 0.3) is 5.91 Å². The summed E-state index contributed by atoms with van der Waals surface area (Å²) >= 11 is 0. The van der Waals surface area contributed by atoms with Gasteiger partial charge in [0.2, 0.25) is 0 Å². The number of nitrogens with one attached hydrogen (secondary N) is 1. The highest BCUT2D eigenvalue weighted by atomic mass is 16.2. The van der Waals surface area contributed by atoms with Crippen LogP contribution in [0.2, 0.25) is 0 Å². The summed E-state index contributed by atoms with van der Waals surface area (Å²) in [6.07, 6.45) is 0. The molecule has 1 amide bonds. The van der Waals surface area contributed by atoms with Crippen molar-refractivity contribution in [3.63, 3.8) is 0 Å². The van der Waals surface area contributed by atoms with E-state index in [0.29, 0.717) is 12.2 Å². The summed E-state index contributed by atoms with van der Waals surface area (Å²) < 4.78 is 1.70. The summed E-state index contributed by atoms with van der Waals surface area (Å²) in [6.45, 7) is 8.35. The minimum absolute atomic E-state index is 0.153. The Balaban J connectivity index is 2.30. The van der Waals surface area contributed by atoms with E-state index >= 15 is 0 Å². The van der Waals surface area contributed by atoms with Gasteiger partial charge in [-0.1, -0.05) is 0 Å². The van der Waals surface area contributed by atoms with Gasteiger partial charge in [-0.05, 0) is 57.0 Å². The standard InChI is InChI=1S/C15H20N4O/c1-5-19-14(8-11(4)18-19)15(20)17-13-7-9(2)12(16)6-10(13)3/h6-8H,5,16H2,1-4H3,(H,17,20). The molecule has 1 aromatic heterocycles. The van der Waals surface area contributed by atoms with Crippen molar-refractivity contribution in [2.24, 2.45) is 0 Å². The Bertz CT molecular complexity index is 658. The first kappa shape index (κ1) is 14.1. The summed E-state index contributed by atoms with van der Waals surface area (Å²) in [5.41, 5.74) is 10.7. The predicted octanol–water partition coefficient (Wildman–Crippen LogP) is 2.66. The number of carbonyl (C=O) groups is 1. The Morgan fingerprint density at radius 2 is 1.95 bits per heavy atom. The summed E-state index contributed by atoms with van der Waals surface area (Å²) in [5.74, 6) is -0.153. The molecule has 0 aliphatic carbocycles. The van der Waals surface area contributed by atoms with E-state index in [-0.39, 0.29) is 5.91 Å². The van der Waals surface area contributed by atoms with Crippen molar-refractivity contribution in [2.45, 2.75) is 34.2 Å². The first-order chi connectivity index (χ1) is 9.42. The number of hydrogen-bond donors (Lipinski definition) is 2. The van der Waals surface area contributed by atoms with Gasteiger partial charge in [0.05, 0.1) is 5.69 Å². The fourth-order valence-corrected chi connectivity index (χ4v) is 2.13. The Labute approximate surface area is 118 Å².